The highest BCUT2D eigenvalue weighted by molar-refractivity contribution is 5.96. The molecule has 24 heavy (non-hydrogen) atoms. The molecule has 128 valence electrons. The van der Waals surface area contributed by atoms with Gasteiger partial charge in [0.25, 0.3) is 11.5 Å². The van der Waals surface area contributed by atoms with E-state index in [0.29, 0.717) is 23.6 Å². The van der Waals surface area contributed by atoms with Gasteiger partial charge in [-0.2, -0.15) is 5.10 Å². The zero-order valence-corrected chi connectivity index (χ0v) is 13.8. The quantitative estimate of drug-likeness (QED) is 0.871. The summed E-state index contributed by atoms with van der Waals surface area (Å²) >= 11 is 0. The van der Waals surface area contributed by atoms with Crippen molar-refractivity contribution in [1.82, 2.24) is 20.7 Å². The summed E-state index contributed by atoms with van der Waals surface area (Å²) in [5, 5.41) is 13.4. The highest BCUT2D eigenvalue weighted by Crippen LogP contribution is 2.22. The Labute approximate surface area is 139 Å². The Morgan fingerprint density at radius 1 is 1.42 bits per heavy atom. The third-order valence-electron chi connectivity index (χ3n) is 4.34. The molecule has 1 saturated heterocycles. The first-order chi connectivity index (χ1) is 11.6. The largest absolute Gasteiger partial charge is 0.361 e. The van der Waals surface area contributed by atoms with Crippen molar-refractivity contribution in [2.75, 3.05) is 18.0 Å². The fourth-order valence-corrected chi connectivity index (χ4v) is 3.12. The van der Waals surface area contributed by atoms with Crippen LogP contribution in [-0.4, -0.2) is 40.4 Å². The molecule has 1 amide bonds. The summed E-state index contributed by atoms with van der Waals surface area (Å²) < 4.78 is 5.04. The highest BCUT2D eigenvalue weighted by atomic mass is 16.5. The number of carbonyl (C=O) groups is 1. The van der Waals surface area contributed by atoms with Crippen LogP contribution in [0.4, 0.5) is 5.82 Å². The smallest absolute Gasteiger partial charge is 0.264 e. The maximum absolute atomic E-state index is 12.4. The van der Waals surface area contributed by atoms with Crippen LogP contribution in [0.1, 0.15) is 41.1 Å². The Morgan fingerprint density at radius 3 is 2.92 bits per heavy atom. The minimum atomic E-state index is -0.223. The lowest BCUT2D eigenvalue weighted by Crippen LogP contribution is -2.47. The molecule has 3 rings (SSSR count). The third-order valence-corrected chi connectivity index (χ3v) is 4.34. The van der Waals surface area contributed by atoms with E-state index in [1.165, 1.54) is 6.07 Å². The third kappa shape index (κ3) is 3.32. The molecule has 2 aromatic heterocycles. The maximum atomic E-state index is 12.4. The van der Waals surface area contributed by atoms with E-state index in [4.69, 9.17) is 4.52 Å². The van der Waals surface area contributed by atoms with E-state index in [9.17, 15) is 9.59 Å². The van der Waals surface area contributed by atoms with Crippen LogP contribution in [-0.2, 0) is 0 Å². The molecule has 0 aromatic carbocycles. The number of aryl methyl sites for hydroxylation is 2. The molecule has 0 bridgehead atoms. The molecule has 0 saturated carbocycles. The topological polar surface area (TPSA) is 104 Å². The lowest BCUT2D eigenvalue weighted by Gasteiger charge is -2.36. The summed E-state index contributed by atoms with van der Waals surface area (Å²) in [6.07, 6.45) is 3.13. The summed E-state index contributed by atoms with van der Waals surface area (Å²) in [6.45, 7) is 4.84. The number of hydrogen-bond donors (Lipinski definition) is 2. The first-order valence-corrected chi connectivity index (χ1v) is 8.09. The SMILES string of the molecule is Cc1noc(C)c1C(=O)NCC1CCCCN1c1ccc(=O)[nH]n1. The first-order valence-electron chi connectivity index (χ1n) is 8.09. The van der Waals surface area contributed by atoms with Gasteiger partial charge in [0, 0.05) is 25.2 Å². The molecule has 0 radical (unpaired) electrons. The molecule has 8 heteroatoms. The lowest BCUT2D eigenvalue weighted by atomic mass is 10.0. The summed E-state index contributed by atoms with van der Waals surface area (Å²) in [5.74, 6) is 1.07. The summed E-state index contributed by atoms with van der Waals surface area (Å²) in [6, 6.07) is 3.32. The van der Waals surface area contributed by atoms with Gasteiger partial charge in [-0.15, -0.1) is 0 Å². The summed E-state index contributed by atoms with van der Waals surface area (Å²) in [7, 11) is 0. The van der Waals surface area contributed by atoms with E-state index in [1.807, 2.05) is 0 Å². The van der Waals surface area contributed by atoms with E-state index >= 15 is 0 Å². The van der Waals surface area contributed by atoms with Crippen LogP contribution in [0.15, 0.2) is 21.5 Å². The fraction of sp³-hybridized carbons (Fsp3) is 0.500. The second kappa shape index (κ2) is 6.86. The van der Waals surface area contributed by atoms with E-state index in [-0.39, 0.29) is 17.5 Å². The van der Waals surface area contributed by atoms with Crippen molar-refractivity contribution in [1.29, 1.82) is 0 Å². The molecule has 0 spiro atoms. The number of carbonyl (C=O) groups excluding carboxylic acids is 1. The molecule has 2 aromatic rings. The number of nitrogens with one attached hydrogen (secondary N) is 2. The molecule has 1 unspecified atom stereocenters. The van der Waals surface area contributed by atoms with Crippen molar-refractivity contribution in [3.8, 4) is 0 Å². The number of aromatic amines is 1. The van der Waals surface area contributed by atoms with Gasteiger partial charge in [-0.25, -0.2) is 5.10 Å². The normalized spacial score (nSPS) is 17.8. The average Bonchev–Trinajstić information content (AvgIpc) is 2.92. The average molecular weight is 331 g/mol. The molecule has 2 N–H and O–H groups in total. The number of aromatic nitrogens is 3. The van der Waals surface area contributed by atoms with Gasteiger partial charge in [-0.1, -0.05) is 5.16 Å². The molecule has 1 atom stereocenters. The van der Waals surface area contributed by atoms with Gasteiger partial charge in [-0.05, 0) is 39.2 Å². The lowest BCUT2D eigenvalue weighted by molar-refractivity contribution is 0.0947. The van der Waals surface area contributed by atoms with Crippen molar-refractivity contribution in [3.05, 3.63) is 39.5 Å². The van der Waals surface area contributed by atoms with E-state index in [1.54, 1.807) is 19.9 Å². The standard InChI is InChI=1S/C16H21N5O3/c1-10-15(11(2)24-20-10)16(23)17-9-12-5-3-4-8-21(12)13-6-7-14(22)19-18-13/h6-7,12H,3-5,8-9H2,1-2H3,(H,17,23)(H,19,22). The van der Waals surface area contributed by atoms with Crippen LogP contribution in [0.3, 0.4) is 0 Å². The van der Waals surface area contributed by atoms with Crippen molar-refractivity contribution >= 4 is 11.7 Å². The molecule has 1 fully saturated rings. The number of nitrogens with zero attached hydrogens (tertiary/aromatic N) is 3. The number of anilines is 1. The first kappa shape index (κ1) is 16.2. The van der Waals surface area contributed by atoms with Gasteiger partial charge in [0.05, 0.1) is 5.69 Å². The minimum absolute atomic E-state index is 0.140. The highest BCUT2D eigenvalue weighted by Gasteiger charge is 2.25. The van der Waals surface area contributed by atoms with Gasteiger partial charge >= 0.3 is 0 Å². The zero-order valence-electron chi connectivity index (χ0n) is 13.8. The molecular formula is C16H21N5O3. The Morgan fingerprint density at radius 2 is 2.25 bits per heavy atom. The Balaban J connectivity index is 1.69. The molecule has 1 aliphatic heterocycles. The Bertz CT molecular complexity index is 742. The van der Waals surface area contributed by atoms with Gasteiger partial charge < -0.3 is 14.7 Å². The molecule has 3 heterocycles. The number of rotatable bonds is 4. The molecule has 0 aliphatic carbocycles. The number of H-pyrrole nitrogens is 1. The van der Waals surface area contributed by atoms with E-state index in [2.05, 4.69) is 25.6 Å². The van der Waals surface area contributed by atoms with Crippen molar-refractivity contribution < 1.29 is 9.32 Å². The molecular weight excluding hydrogens is 310 g/mol. The van der Waals surface area contributed by atoms with Crippen molar-refractivity contribution in [3.63, 3.8) is 0 Å². The number of hydrogen-bond acceptors (Lipinski definition) is 6. The second-order valence-electron chi connectivity index (χ2n) is 6.03. The molecule has 1 aliphatic rings. The van der Waals surface area contributed by atoms with E-state index in [0.717, 1.165) is 31.6 Å². The van der Waals surface area contributed by atoms with Crippen LogP contribution < -0.4 is 15.8 Å². The number of amides is 1. The van der Waals surface area contributed by atoms with Crippen LogP contribution in [0.2, 0.25) is 0 Å². The van der Waals surface area contributed by atoms with Gasteiger partial charge in [-0.3, -0.25) is 9.59 Å². The predicted octanol–water partition coefficient (Wildman–Crippen LogP) is 1.16. The summed E-state index contributed by atoms with van der Waals surface area (Å²) in [5.41, 5.74) is 0.867. The zero-order chi connectivity index (χ0) is 17.1. The van der Waals surface area contributed by atoms with Crippen LogP contribution >= 0.6 is 0 Å². The van der Waals surface area contributed by atoms with Crippen LogP contribution in [0.5, 0.6) is 0 Å². The molecule has 8 nitrogen and oxygen atoms in total. The Hall–Kier alpha value is -2.64. The maximum Gasteiger partial charge on any atom is 0.264 e. The predicted molar refractivity (Wildman–Crippen MR) is 88.2 cm³/mol. The Kier molecular flexibility index (Phi) is 4.64. The second-order valence-corrected chi connectivity index (χ2v) is 6.03. The van der Waals surface area contributed by atoms with Crippen LogP contribution in [0, 0.1) is 13.8 Å². The number of piperidine rings is 1. The van der Waals surface area contributed by atoms with Crippen molar-refractivity contribution in [2.24, 2.45) is 0 Å². The monoisotopic (exact) mass is 331 g/mol. The fourth-order valence-electron chi connectivity index (χ4n) is 3.12. The van der Waals surface area contributed by atoms with Gasteiger partial charge in [0.15, 0.2) is 0 Å². The summed E-state index contributed by atoms with van der Waals surface area (Å²) in [4.78, 5) is 25.7. The van der Waals surface area contributed by atoms with Gasteiger partial charge in [0.1, 0.15) is 17.1 Å². The van der Waals surface area contributed by atoms with Crippen molar-refractivity contribution in [2.45, 2.75) is 39.2 Å². The minimum Gasteiger partial charge on any atom is -0.361 e. The van der Waals surface area contributed by atoms with Gasteiger partial charge in [0.2, 0.25) is 0 Å². The van der Waals surface area contributed by atoms with Crippen LogP contribution in [0.25, 0.3) is 0 Å². The van der Waals surface area contributed by atoms with E-state index < -0.39 is 0 Å².